The number of aromatic nitrogens is 5. The zero-order valence-electron chi connectivity index (χ0n) is 16.6. The van der Waals surface area contributed by atoms with Crippen LogP contribution in [0, 0.1) is 6.92 Å². The van der Waals surface area contributed by atoms with Gasteiger partial charge in [0.15, 0.2) is 0 Å². The molecule has 0 radical (unpaired) electrons. The highest BCUT2D eigenvalue weighted by Gasteiger charge is 2.11. The molecule has 0 unspecified atom stereocenters. The molecule has 2 aromatic carbocycles. The Balaban J connectivity index is 1.17. The number of nitrogens with zero attached hydrogens (tertiary/aromatic N) is 3. The number of aryl methyl sites for hydroxylation is 1. The quantitative estimate of drug-likeness (QED) is 0.317. The maximum absolute atomic E-state index is 6.34. The van der Waals surface area contributed by atoms with E-state index in [1.807, 2.05) is 25.1 Å². The van der Waals surface area contributed by atoms with Crippen molar-refractivity contribution in [3.63, 3.8) is 0 Å². The Hall–Kier alpha value is -3.23. The van der Waals surface area contributed by atoms with Crippen molar-refractivity contribution in [2.24, 2.45) is 5.73 Å². The number of rotatable bonds is 7. The predicted octanol–water partition coefficient (Wildman–Crippen LogP) is 4.24. The lowest BCUT2D eigenvalue weighted by molar-refractivity contribution is 0.623. The van der Waals surface area contributed by atoms with E-state index in [9.17, 15) is 0 Å². The summed E-state index contributed by atoms with van der Waals surface area (Å²) in [4.78, 5) is 3.44. The molecule has 7 nitrogen and oxygen atoms in total. The van der Waals surface area contributed by atoms with Crippen molar-refractivity contribution >= 4 is 38.3 Å². The minimum atomic E-state index is 0.0735. The first-order valence-corrected chi connectivity index (χ1v) is 10.8. The van der Waals surface area contributed by atoms with Gasteiger partial charge in [-0.25, -0.2) is 0 Å². The van der Waals surface area contributed by atoms with Crippen molar-refractivity contribution < 1.29 is 0 Å². The van der Waals surface area contributed by atoms with E-state index in [1.165, 1.54) is 11.1 Å². The van der Waals surface area contributed by atoms with Gasteiger partial charge in [-0.15, -0.1) is 10.2 Å². The lowest BCUT2D eigenvalue weighted by Gasteiger charge is -2.10. The van der Waals surface area contributed by atoms with E-state index in [-0.39, 0.29) is 6.04 Å². The third-order valence-corrected chi connectivity index (χ3v) is 6.21. The van der Waals surface area contributed by atoms with E-state index in [0.717, 1.165) is 57.2 Å². The summed E-state index contributed by atoms with van der Waals surface area (Å²) in [6.07, 6.45) is 1.67. The van der Waals surface area contributed by atoms with Crippen molar-refractivity contribution in [1.82, 2.24) is 25.4 Å². The summed E-state index contributed by atoms with van der Waals surface area (Å²) in [5.74, 6) is 0. The summed E-state index contributed by atoms with van der Waals surface area (Å²) in [5.41, 5.74) is 11.7. The Bertz CT molecular complexity index is 1270. The highest BCUT2D eigenvalue weighted by molar-refractivity contribution is 7.18. The Morgan fingerprint density at radius 1 is 1.13 bits per heavy atom. The molecule has 5 aromatic rings. The Morgan fingerprint density at radius 2 is 2.03 bits per heavy atom. The molecule has 5 rings (SSSR count). The fourth-order valence-corrected chi connectivity index (χ4v) is 4.44. The topological polar surface area (TPSA) is 108 Å². The van der Waals surface area contributed by atoms with Crippen LogP contribution < -0.4 is 11.1 Å². The summed E-state index contributed by atoms with van der Waals surface area (Å²) in [7, 11) is 0. The third-order valence-electron chi connectivity index (χ3n) is 5.28. The molecule has 0 amide bonds. The van der Waals surface area contributed by atoms with Gasteiger partial charge in [0, 0.05) is 46.9 Å². The number of anilines is 1. The summed E-state index contributed by atoms with van der Waals surface area (Å²) in [6, 6.07) is 16.7. The summed E-state index contributed by atoms with van der Waals surface area (Å²) in [5, 5.41) is 23.3. The summed E-state index contributed by atoms with van der Waals surface area (Å²) >= 11 is 1.55. The Kier molecular flexibility index (Phi) is 4.94. The standard InChI is InChI=1S/C22H23N7S/c1-13-18-11-15(6-7-20(18)27-26-13)21-28-29-22(30-21)24-9-8-16(23)12-17-10-14-4-2-3-5-19(14)25-17/h2-7,10-11,16,25H,8-9,12,23H2,1H3,(H,24,29)(H,26,27)/t16-/m0/s1. The van der Waals surface area contributed by atoms with Crippen LogP contribution in [0.1, 0.15) is 17.8 Å². The number of para-hydroxylation sites is 1. The van der Waals surface area contributed by atoms with Crippen LogP contribution in [-0.2, 0) is 6.42 Å². The zero-order chi connectivity index (χ0) is 20.5. The number of hydrogen-bond acceptors (Lipinski definition) is 6. The number of benzene rings is 2. The lowest BCUT2D eigenvalue weighted by atomic mass is 10.1. The van der Waals surface area contributed by atoms with Crippen LogP contribution in [0.25, 0.3) is 32.4 Å². The molecule has 0 fully saturated rings. The molecule has 152 valence electrons. The van der Waals surface area contributed by atoms with E-state index in [1.54, 1.807) is 11.3 Å². The molecule has 0 spiro atoms. The molecular weight excluding hydrogens is 394 g/mol. The largest absolute Gasteiger partial charge is 0.360 e. The van der Waals surface area contributed by atoms with Crippen molar-refractivity contribution in [1.29, 1.82) is 0 Å². The number of aromatic amines is 2. The van der Waals surface area contributed by atoms with Crippen LogP contribution in [0.4, 0.5) is 5.13 Å². The smallest absolute Gasteiger partial charge is 0.206 e. The fraction of sp³-hybridized carbons (Fsp3) is 0.227. The van der Waals surface area contributed by atoms with Crippen molar-refractivity contribution in [3.8, 4) is 10.6 Å². The third kappa shape index (κ3) is 3.79. The molecule has 0 aliphatic heterocycles. The number of H-pyrrole nitrogens is 2. The molecule has 1 atom stereocenters. The minimum Gasteiger partial charge on any atom is -0.360 e. The lowest BCUT2D eigenvalue weighted by Crippen LogP contribution is -2.25. The van der Waals surface area contributed by atoms with Crippen LogP contribution in [0.15, 0.2) is 48.5 Å². The zero-order valence-corrected chi connectivity index (χ0v) is 17.5. The van der Waals surface area contributed by atoms with Crippen molar-refractivity contribution in [2.45, 2.75) is 25.8 Å². The maximum atomic E-state index is 6.34. The average molecular weight is 418 g/mol. The van der Waals surface area contributed by atoms with E-state index in [0.29, 0.717) is 0 Å². The summed E-state index contributed by atoms with van der Waals surface area (Å²) < 4.78 is 0. The first-order valence-electron chi connectivity index (χ1n) is 10.0. The normalized spacial score (nSPS) is 12.6. The molecule has 5 N–H and O–H groups in total. The summed E-state index contributed by atoms with van der Waals surface area (Å²) in [6.45, 7) is 2.78. The van der Waals surface area contributed by atoms with Crippen LogP contribution in [-0.4, -0.2) is 38.0 Å². The number of hydrogen-bond donors (Lipinski definition) is 4. The molecule has 0 aliphatic rings. The Labute approximate surface area is 177 Å². The van der Waals surface area contributed by atoms with E-state index < -0.39 is 0 Å². The highest BCUT2D eigenvalue weighted by Crippen LogP contribution is 2.29. The molecule has 0 aliphatic carbocycles. The number of fused-ring (bicyclic) bond motifs is 2. The predicted molar refractivity (Wildman–Crippen MR) is 123 cm³/mol. The van der Waals surface area contributed by atoms with Gasteiger partial charge in [-0.05, 0) is 49.1 Å². The molecule has 0 saturated heterocycles. The Morgan fingerprint density at radius 3 is 2.93 bits per heavy atom. The fourth-order valence-electron chi connectivity index (χ4n) is 3.68. The molecule has 0 bridgehead atoms. The average Bonchev–Trinajstić information content (AvgIpc) is 3.46. The van der Waals surface area contributed by atoms with Gasteiger partial charge >= 0.3 is 0 Å². The number of nitrogens with two attached hydrogens (primary N) is 1. The second-order valence-corrected chi connectivity index (χ2v) is 8.53. The number of nitrogens with one attached hydrogen (secondary N) is 3. The van der Waals surface area contributed by atoms with E-state index >= 15 is 0 Å². The molecule has 3 aromatic heterocycles. The molecule has 8 heteroatoms. The van der Waals surface area contributed by atoms with Gasteiger partial charge in [0.25, 0.3) is 0 Å². The second-order valence-electron chi connectivity index (χ2n) is 7.55. The van der Waals surface area contributed by atoms with Gasteiger partial charge in [-0.2, -0.15) is 5.10 Å². The molecule has 30 heavy (non-hydrogen) atoms. The maximum Gasteiger partial charge on any atom is 0.206 e. The molecule has 0 saturated carbocycles. The SMILES string of the molecule is Cc1[nH]nc2ccc(-c3nnc(NCC[C@H](N)Cc4cc5ccccc5[nH]4)s3)cc12. The van der Waals surface area contributed by atoms with Crippen LogP contribution >= 0.6 is 11.3 Å². The van der Waals surface area contributed by atoms with Gasteiger partial charge in [0.1, 0.15) is 5.01 Å². The van der Waals surface area contributed by atoms with Crippen LogP contribution in [0.2, 0.25) is 0 Å². The molecular formula is C22H23N7S. The van der Waals surface area contributed by atoms with Gasteiger partial charge in [0.05, 0.1) is 5.52 Å². The van der Waals surface area contributed by atoms with Gasteiger partial charge in [0.2, 0.25) is 5.13 Å². The van der Waals surface area contributed by atoms with Gasteiger partial charge in [-0.1, -0.05) is 29.5 Å². The highest BCUT2D eigenvalue weighted by atomic mass is 32.1. The van der Waals surface area contributed by atoms with E-state index in [4.69, 9.17) is 5.73 Å². The van der Waals surface area contributed by atoms with Gasteiger partial charge in [-0.3, -0.25) is 5.10 Å². The van der Waals surface area contributed by atoms with E-state index in [2.05, 4.69) is 61.0 Å². The van der Waals surface area contributed by atoms with Crippen molar-refractivity contribution in [3.05, 3.63) is 59.9 Å². The first kappa shape index (κ1) is 18.8. The first-order chi connectivity index (χ1) is 14.7. The van der Waals surface area contributed by atoms with Crippen LogP contribution in [0.5, 0.6) is 0 Å². The minimum absolute atomic E-state index is 0.0735. The monoisotopic (exact) mass is 417 g/mol. The molecule has 3 heterocycles. The second kappa shape index (κ2) is 7.89. The van der Waals surface area contributed by atoms with Gasteiger partial charge < -0.3 is 16.0 Å². The van der Waals surface area contributed by atoms with Crippen molar-refractivity contribution in [2.75, 3.05) is 11.9 Å². The van der Waals surface area contributed by atoms with Crippen LogP contribution in [0.3, 0.4) is 0 Å².